The van der Waals surface area contributed by atoms with Crippen LogP contribution in [-0.4, -0.2) is 37.2 Å². The molecule has 71 heavy (non-hydrogen) atoms. The SMILES string of the molecule is CC/C=C\C/C=C\C/C=C\C/C=C\CCCCCC(=O)OCC(COC(=O)CCCCCCCCCCCCCCCCCCCCC)OC(=O)CCCCCCC\C=C/C=C\C=C/C=C\CCCCC. The van der Waals surface area contributed by atoms with Crippen LogP contribution in [0.2, 0.25) is 0 Å². The molecule has 1 atom stereocenters. The van der Waals surface area contributed by atoms with Gasteiger partial charge in [0.25, 0.3) is 0 Å². The van der Waals surface area contributed by atoms with Gasteiger partial charge in [0.1, 0.15) is 13.2 Å². The van der Waals surface area contributed by atoms with Gasteiger partial charge in [-0.1, -0.05) is 272 Å². The van der Waals surface area contributed by atoms with E-state index in [2.05, 4.69) is 118 Å². The van der Waals surface area contributed by atoms with Crippen molar-refractivity contribution in [2.75, 3.05) is 13.2 Å². The highest BCUT2D eigenvalue weighted by Gasteiger charge is 2.19. The van der Waals surface area contributed by atoms with Crippen molar-refractivity contribution in [1.29, 1.82) is 0 Å². The maximum absolute atomic E-state index is 12.9. The first-order valence-electron chi connectivity index (χ1n) is 29.8. The second kappa shape index (κ2) is 58.9. The fourth-order valence-corrected chi connectivity index (χ4v) is 8.21. The molecular formula is C65H110O6. The third-order valence-electron chi connectivity index (χ3n) is 12.7. The van der Waals surface area contributed by atoms with Crippen LogP contribution in [0.3, 0.4) is 0 Å². The summed E-state index contributed by atoms with van der Waals surface area (Å²) in [6.07, 6.45) is 78.2. The highest BCUT2D eigenvalue weighted by Crippen LogP contribution is 2.16. The number of carbonyl (C=O) groups is 3. The van der Waals surface area contributed by atoms with Crippen molar-refractivity contribution in [2.45, 2.75) is 284 Å². The first-order valence-corrected chi connectivity index (χ1v) is 29.8. The summed E-state index contributed by atoms with van der Waals surface area (Å²) < 4.78 is 16.9. The molecule has 0 bridgehead atoms. The van der Waals surface area contributed by atoms with Gasteiger partial charge in [0, 0.05) is 19.3 Å². The third kappa shape index (κ3) is 57.1. The van der Waals surface area contributed by atoms with Gasteiger partial charge in [-0.2, -0.15) is 0 Å². The lowest BCUT2D eigenvalue weighted by molar-refractivity contribution is -0.167. The molecule has 0 amide bonds. The number of hydrogen-bond donors (Lipinski definition) is 0. The second-order valence-corrected chi connectivity index (χ2v) is 19.6. The quantitative estimate of drug-likeness (QED) is 0.0199. The van der Waals surface area contributed by atoms with Crippen molar-refractivity contribution >= 4 is 17.9 Å². The van der Waals surface area contributed by atoms with Gasteiger partial charge >= 0.3 is 17.9 Å². The van der Waals surface area contributed by atoms with E-state index in [4.69, 9.17) is 14.2 Å². The normalized spacial score (nSPS) is 12.8. The summed E-state index contributed by atoms with van der Waals surface area (Å²) in [6, 6.07) is 0. The first-order chi connectivity index (χ1) is 35.0. The molecule has 406 valence electrons. The Labute approximate surface area is 438 Å². The highest BCUT2D eigenvalue weighted by atomic mass is 16.6. The summed E-state index contributed by atoms with van der Waals surface area (Å²) in [7, 11) is 0. The van der Waals surface area contributed by atoms with Crippen molar-refractivity contribution in [3.8, 4) is 0 Å². The molecule has 0 saturated carbocycles. The topological polar surface area (TPSA) is 78.9 Å². The molecule has 0 aliphatic heterocycles. The highest BCUT2D eigenvalue weighted by molar-refractivity contribution is 5.71. The molecule has 0 saturated heterocycles. The van der Waals surface area contributed by atoms with Gasteiger partial charge in [0.05, 0.1) is 0 Å². The number of ether oxygens (including phenoxy) is 3. The molecule has 0 N–H and O–H groups in total. The molecule has 0 aromatic rings. The summed E-state index contributed by atoms with van der Waals surface area (Å²) in [4.78, 5) is 38.2. The minimum Gasteiger partial charge on any atom is -0.462 e. The Bertz CT molecular complexity index is 1410. The van der Waals surface area contributed by atoms with Gasteiger partial charge in [-0.3, -0.25) is 14.4 Å². The summed E-state index contributed by atoms with van der Waals surface area (Å²) in [5, 5.41) is 0. The molecule has 0 rings (SSSR count). The second-order valence-electron chi connectivity index (χ2n) is 19.6. The number of rotatable bonds is 53. The summed E-state index contributed by atoms with van der Waals surface area (Å²) in [5.74, 6) is -0.945. The molecule has 0 aliphatic rings. The van der Waals surface area contributed by atoms with Crippen LogP contribution in [0, 0.1) is 0 Å². The van der Waals surface area contributed by atoms with E-state index in [0.29, 0.717) is 19.3 Å². The largest absolute Gasteiger partial charge is 0.462 e. The molecule has 1 unspecified atom stereocenters. The smallest absolute Gasteiger partial charge is 0.306 e. The summed E-state index contributed by atoms with van der Waals surface area (Å²) in [5.41, 5.74) is 0. The van der Waals surface area contributed by atoms with Crippen LogP contribution in [0.4, 0.5) is 0 Å². The van der Waals surface area contributed by atoms with Gasteiger partial charge in [0.2, 0.25) is 0 Å². The number of hydrogen-bond acceptors (Lipinski definition) is 6. The van der Waals surface area contributed by atoms with Crippen LogP contribution < -0.4 is 0 Å². The first kappa shape index (κ1) is 67.3. The zero-order valence-electron chi connectivity index (χ0n) is 46.5. The molecule has 0 aromatic heterocycles. The molecule has 0 aromatic carbocycles. The predicted molar refractivity (Wildman–Crippen MR) is 307 cm³/mol. The van der Waals surface area contributed by atoms with Gasteiger partial charge in [-0.25, -0.2) is 0 Å². The zero-order chi connectivity index (χ0) is 51.4. The minimum absolute atomic E-state index is 0.0962. The molecule has 0 radical (unpaired) electrons. The van der Waals surface area contributed by atoms with E-state index in [1.807, 2.05) is 0 Å². The lowest BCUT2D eigenvalue weighted by Gasteiger charge is -2.18. The van der Waals surface area contributed by atoms with E-state index in [1.54, 1.807) is 0 Å². The van der Waals surface area contributed by atoms with Crippen LogP contribution in [0.1, 0.15) is 278 Å². The molecular weight excluding hydrogens is 877 g/mol. The molecule has 0 heterocycles. The van der Waals surface area contributed by atoms with Crippen molar-refractivity contribution in [3.63, 3.8) is 0 Å². The number of unbranched alkanes of at least 4 members (excludes halogenated alkanes) is 29. The Kier molecular flexibility index (Phi) is 55.9. The van der Waals surface area contributed by atoms with Gasteiger partial charge in [-0.15, -0.1) is 0 Å². The van der Waals surface area contributed by atoms with E-state index in [1.165, 1.54) is 122 Å². The Hall–Kier alpha value is -3.67. The van der Waals surface area contributed by atoms with Crippen molar-refractivity contribution in [2.24, 2.45) is 0 Å². The van der Waals surface area contributed by atoms with E-state index < -0.39 is 6.10 Å². The van der Waals surface area contributed by atoms with Crippen LogP contribution >= 0.6 is 0 Å². The Morgan fingerprint density at radius 3 is 1.03 bits per heavy atom. The lowest BCUT2D eigenvalue weighted by Crippen LogP contribution is -2.30. The van der Waals surface area contributed by atoms with E-state index in [9.17, 15) is 14.4 Å². The van der Waals surface area contributed by atoms with Crippen LogP contribution in [0.25, 0.3) is 0 Å². The number of carbonyl (C=O) groups excluding carboxylic acids is 3. The standard InChI is InChI=1S/C65H110O6/c1-4-7-10-13-16-19-22-25-28-31-33-35-37-40-43-46-49-52-55-58-64(67)70-61-62(60-69-63(66)57-54-51-48-45-42-39-36-30-27-24-21-18-15-12-9-6-3)71-65(68)59-56-53-50-47-44-41-38-34-32-29-26-23-20-17-14-11-8-5-2/h9,12,17-18,20-21,23,26-27,29-30,32,34,38-39,42,62H,4-8,10-11,13-16,19,22,24-25,28,31,33,35-37,40-41,43-61H2,1-3H3/b12-9-,20-17-,21-18-,26-23-,30-27-,32-29-,38-34-,42-39-. The fourth-order valence-electron chi connectivity index (χ4n) is 8.21. The van der Waals surface area contributed by atoms with Gasteiger partial charge in [0.15, 0.2) is 6.10 Å². The molecule has 0 fully saturated rings. The van der Waals surface area contributed by atoms with Crippen molar-refractivity contribution < 1.29 is 28.6 Å². The Morgan fingerprint density at radius 1 is 0.310 bits per heavy atom. The monoisotopic (exact) mass is 987 g/mol. The number of allylic oxidation sites excluding steroid dienone is 16. The lowest BCUT2D eigenvalue weighted by atomic mass is 10.0. The van der Waals surface area contributed by atoms with Gasteiger partial charge in [-0.05, 0) is 83.5 Å². The van der Waals surface area contributed by atoms with E-state index in [-0.39, 0.29) is 31.1 Å². The molecule has 0 spiro atoms. The van der Waals surface area contributed by atoms with E-state index in [0.717, 1.165) is 116 Å². The average Bonchev–Trinajstić information content (AvgIpc) is 3.37. The summed E-state index contributed by atoms with van der Waals surface area (Å²) in [6.45, 7) is 6.46. The Balaban J connectivity index is 4.46. The third-order valence-corrected chi connectivity index (χ3v) is 12.7. The maximum atomic E-state index is 12.9. The predicted octanol–water partition coefficient (Wildman–Crippen LogP) is 20.1. The maximum Gasteiger partial charge on any atom is 0.306 e. The molecule has 0 aliphatic carbocycles. The fraction of sp³-hybridized carbons (Fsp3) is 0.708. The Morgan fingerprint density at radius 2 is 0.606 bits per heavy atom. The average molecular weight is 988 g/mol. The van der Waals surface area contributed by atoms with Crippen LogP contribution in [0.5, 0.6) is 0 Å². The zero-order valence-corrected chi connectivity index (χ0v) is 46.5. The van der Waals surface area contributed by atoms with Crippen molar-refractivity contribution in [1.82, 2.24) is 0 Å². The van der Waals surface area contributed by atoms with Gasteiger partial charge < -0.3 is 14.2 Å². The number of esters is 3. The minimum atomic E-state index is -0.804. The molecule has 6 nitrogen and oxygen atoms in total. The van der Waals surface area contributed by atoms with Crippen LogP contribution in [0.15, 0.2) is 97.2 Å². The van der Waals surface area contributed by atoms with Crippen LogP contribution in [-0.2, 0) is 28.6 Å². The summed E-state index contributed by atoms with van der Waals surface area (Å²) >= 11 is 0. The van der Waals surface area contributed by atoms with Crippen molar-refractivity contribution in [3.05, 3.63) is 97.2 Å². The molecule has 6 heteroatoms. The van der Waals surface area contributed by atoms with E-state index >= 15 is 0 Å².